The fourth-order valence-electron chi connectivity index (χ4n) is 0.847. The summed E-state index contributed by atoms with van der Waals surface area (Å²) in [5, 5.41) is 1.33. The Morgan fingerprint density at radius 1 is 1.14 bits per heavy atom. The minimum atomic E-state index is -0.467. The molecule has 0 fully saturated rings. The Hall–Kier alpha value is -1.14. The van der Waals surface area contributed by atoms with Gasteiger partial charge in [0.25, 0.3) is 0 Å². The highest BCUT2D eigenvalue weighted by molar-refractivity contribution is 5.70. The van der Waals surface area contributed by atoms with Gasteiger partial charge in [-0.15, -0.1) is 5.06 Å². The molecule has 0 atom stereocenters. The molecule has 0 aliphatic carbocycles. The lowest BCUT2D eigenvalue weighted by Gasteiger charge is -2.09. The van der Waals surface area contributed by atoms with Crippen LogP contribution in [0.15, 0.2) is 0 Å². The van der Waals surface area contributed by atoms with Crippen LogP contribution in [0.4, 0.5) is 0 Å². The maximum atomic E-state index is 11.0. The monoisotopic (exact) mass is 204 g/mol. The van der Waals surface area contributed by atoms with E-state index in [0.29, 0.717) is 12.8 Å². The van der Waals surface area contributed by atoms with Crippen LogP contribution in [0.3, 0.4) is 0 Å². The summed E-state index contributed by atoms with van der Waals surface area (Å²) in [5.74, 6) is 3.86. The summed E-state index contributed by atoms with van der Waals surface area (Å²) >= 11 is 0. The largest absolute Gasteiger partial charge is 0.373 e. The van der Waals surface area contributed by atoms with Crippen molar-refractivity contribution in [3.63, 3.8) is 0 Å². The van der Waals surface area contributed by atoms with E-state index in [1.54, 1.807) is 14.1 Å². The fourth-order valence-corrected chi connectivity index (χ4v) is 0.847. The van der Waals surface area contributed by atoms with Gasteiger partial charge in [0.2, 0.25) is 0 Å². The molecule has 0 spiro atoms. The fraction of sp³-hybridized carbons (Fsp3) is 0.750. The average molecular weight is 204 g/mol. The summed E-state index contributed by atoms with van der Waals surface area (Å²) in [6.07, 6.45) is 1.67. The molecule has 0 aromatic rings. The lowest BCUT2D eigenvalue weighted by Crippen LogP contribution is -2.18. The number of nitrogens with two attached hydrogens (primary N) is 1. The number of unbranched alkanes of at least 4 members (excludes halogenated alkanes) is 1. The van der Waals surface area contributed by atoms with E-state index in [0.717, 1.165) is 0 Å². The van der Waals surface area contributed by atoms with Gasteiger partial charge in [-0.3, -0.25) is 9.59 Å². The van der Waals surface area contributed by atoms with Crippen molar-refractivity contribution in [2.45, 2.75) is 25.7 Å². The van der Waals surface area contributed by atoms with Crippen molar-refractivity contribution in [2.24, 2.45) is 5.90 Å². The van der Waals surface area contributed by atoms with Gasteiger partial charge in [-0.05, 0) is 12.8 Å². The van der Waals surface area contributed by atoms with Crippen LogP contribution >= 0.6 is 0 Å². The third-order valence-electron chi connectivity index (χ3n) is 1.43. The van der Waals surface area contributed by atoms with Gasteiger partial charge in [0.15, 0.2) is 0 Å². The van der Waals surface area contributed by atoms with Crippen LogP contribution in [-0.4, -0.2) is 31.1 Å². The molecule has 0 amide bonds. The second kappa shape index (κ2) is 7.28. The van der Waals surface area contributed by atoms with Crippen LogP contribution in [0.2, 0.25) is 0 Å². The molecular formula is C8H16N2O4. The van der Waals surface area contributed by atoms with Gasteiger partial charge in [0.1, 0.15) is 0 Å². The minimum Gasteiger partial charge on any atom is -0.373 e. The van der Waals surface area contributed by atoms with Gasteiger partial charge >= 0.3 is 11.9 Å². The zero-order chi connectivity index (χ0) is 11.0. The molecule has 0 saturated heterocycles. The third-order valence-corrected chi connectivity index (χ3v) is 1.43. The van der Waals surface area contributed by atoms with E-state index in [9.17, 15) is 9.59 Å². The molecule has 0 saturated carbocycles. The minimum absolute atomic E-state index is 0.228. The van der Waals surface area contributed by atoms with E-state index >= 15 is 0 Å². The van der Waals surface area contributed by atoms with Gasteiger partial charge in [-0.25, -0.2) is 0 Å². The molecule has 0 aromatic carbocycles. The second-order valence-electron chi connectivity index (χ2n) is 2.97. The Bertz CT molecular complexity index is 194. The Labute approximate surface area is 82.9 Å². The summed E-state index contributed by atoms with van der Waals surface area (Å²) in [4.78, 5) is 30.2. The first kappa shape index (κ1) is 12.9. The Kier molecular flexibility index (Phi) is 6.69. The second-order valence-corrected chi connectivity index (χ2v) is 2.97. The average Bonchev–Trinajstić information content (AvgIpc) is 2.10. The van der Waals surface area contributed by atoms with Crippen molar-refractivity contribution in [1.29, 1.82) is 0 Å². The van der Waals surface area contributed by atoms with Crippen LogP contribution < -0.4 is 5.90 Å². The Balaban J connectivity index is 3.36. The quantitative estimate of drug-likeness (QED) is 0.484. The molecule has 0 rings (SSSR count). The lowest BCUT2D eigenvalue weighted by molar-refractivity contribution is -0.178. The molecule has 2 N–H and O–H groups in total. The number of hydrogen-bond acceptors (Lipinski definition) is 6. The van der Waals surface area contributed by atoms with Gasteiger partial charge in [-0.1, -0.05) is 0 Å². The molecule has 0 aromatic heterocycles. The van der Waals surface area contributed by atoms with Gasteiger partial charge in [0.05, 0.1) is 0 Å². The molecular weight excluding hydrogens is 188 g/mol. The summed E-state index contributed by atoms with van der Waals surface area (Å²) in [6, 6.07) is 0. The van der Waals surface area contributed by atoms with Crippen LogP contribution in [0.5, 0.6) is 0 Å². The Morgan fingerprint density at radius 3 is 2.07 bits per heavy atom. The van der Waals surface area contributed by atoms with Crippen molar-refractivity contribution < 1.29 is 19.3 Å². The first-order valence-electron chi connectivity index (χ1n) is 4.34. The van der Waals surface area contributed by atoms with E-state index in [1.165, 1.54) is 5.06 Å². The first-order chi connectivity index (χ1) is 6.56. The van der Waals surface area contributed by atoms with Gasteiger partial charge in [-0.2, -0.15) is 5.90 Å². The molecule has 0 unspecified atom stereocenters. The highest BCUT2D eigenvalue weighted by atomic mass is 16.7. The maximum absolute atomic E-state index is 11.0. The van der Waals surface area contributed by atoms with Crippen LogP contribution in [-0.2, 0) is 19.3 Å². The van der Waals surface area contributed by atoms with Crippen molar-refractivity contribution in [3.8, 4) is 0 Å². The van der Waals surface area contributed by atoms with Crippen molar-refractivity contribution in [1.82, 2.24) is 5.06 Å². The molecule has 0 heterocycles. The lowest BCUT2D eigenvalue weighted by atomic mass is 10.2. The zero-order valence-electron chi connectivity index (χ0n) is 8.49. The maximum Gasteiger partial charge on any atom is 0.325 e. The van der Waals surface area contributed by atoms with E-state index in [2.05, 4.69) is 10.7 Å². The van der Waals surface area contributed by atoms with Gasteiger partial charge in [0, 0.05) is 26.9 Å². The SMILES string of the molecule is CN(C)OC(=O)CCCCC(=O)ON. The van der Waals surface area contributed by atoms with E-state index in [-0.39, 0.29) is 18.8 Å². The molecule has 82 valence electrons. The van der Waals surface area contributed by atoms with Crippen molar-refractivity contribution in [2.75, 3.05) is 14.1 Å². The number of nitrogens with zero attached hydrogens (tertiary/aromatic N) is 1. The number of carbonyl (C=O) groups is 2. The predicted octanol–water partition coefficient (Wildman–Crippen LogP) is -0.0165. The number of hydroxylamine groups is 2. The number of rotatable bonds is 6. The molecule has 6 heteroatoms. The standard InChI is InChI=1S/C8H16N2O4/c1-10(2)14-8(12)6-4-3-5-7(11)13-9/h3-6,9H2,1-2H3. The summed E-state index contributed by atoms with van der Waals surface area (Å²) in [6.45, 7) is 0. The molecule has 0 radical (unpaired) electrons. The summed E-state index contributed by atoms with van der Waals surface area (Å²) < 4.78 is 0. The Morgan fingerprint density at radius 2 is 1.64 bits per heavy atom. The first-order valence-corrected chi connectivity index (χ1v) is 4.34. The van der Waals surface area contributed by atoms with Crippen LogP contribution in [0.1, 0.15) is 25.7 Å². The molecule has 0 bridgehead atoms. The van der Waals surface area contributed by atoms with E-state index in [1.807, 2.05) is 0 Å². The van der Waals surface area contributed by atoms with E-state index < -0.39 is 5.97 Å². The summed E-state index contributed by atoms with van der Waals surface area (Å²) in [5.41, 5.74) is 0. The molecule has 6 nitrogen and oxygen atoms in total. The number of hydrogen-bond donors (Lipinski definition) is 1. The summed E-state index contributed by atoms with van der Waals surface area (Å²) in [7, 11) is 3.26. The topological polar surface area (TPSA) is 81.9 Å². The smallest absolute Gasteiger partial charge is 0.325 e. The van der Waals surface area contributed by atoms with Crippen molar-refractivity contribution >= 4 is 11.9 Å². The zero-order valence-corrected chi connectivity index (χ0v) is 8.49. The van der Waals surface area contributed by atoms with Crippen molar-refractivity contribution in [3.05, 3.63) is 0 Å². The predicted molar refractivity (Wildman–Crippen MR) is 48.5 cm³/mol. The normalized spacial score (nSPS) is 10.0. The highest BCUT2D eigenvalue weighted by Crippen LogP contribution is 2.02. The molecule has 0 aliphatic heterocycles. The third kappa shape index (κ3) is 7.51. The highest BCUT2D eigenvalue weighted by Gasteiger charge is 2.06. The van der Waals surface area contributed by atoms with Gasteiger partial charge < -0.3 is 9.68 Å². The van der Waals surface area contributed by atoms with Crippen LogP contribution in [0, 0.1) is 0 Å². The molecule has 14 heavy (non-hydrogen) atoms. The molecule has 0 aliphatic rings. The van der Waals surface area contributed by atoms with Crippen LogP contribution in [0.25, 0.3) is 0 Å². The number of carbonyl (C=O) groups excluding carboxylic acids is 2. The van der Waals surface area contributed by atoms with E-state index in [4.69, 9.17) is 4.84 Å².